The highest BCUT2D eigenvalue weighted by Gasteiger charge is 2.39. The molecule has 1 aliphatic carbocycles. The molecule has 3 heteroatoms. The zero-order valence-corrected chi connectivity index (χ0v) is 13.7. The van der Waals surface area contributed by atoms with Crippen molar-refractivity contribution in [3.05, 3.63) is 56.7 Å². The first-order valence-electron chi connectivity index (χ1n) is 7.05. The number of nitrogens with one attached hydrogen (secondary N) is 1. The third-order valence-electron chi connectivity index (χ3n) is 4.23. The van der Waals surface area contributed by atoms with Crippen LogP contribution in [-0.4, -0.2) is 0 Å². The van der Waals surface area contributed by atoms with E-state index in [1.807, 2.05) is 17.4 Å². The Bertz CT molecular complexity index is 603. The average molecular weight is 306 g/mol. The highest BCUT2D eigenvalue weighted by molar-refractivity contribution is 7.10. The molecule has 1 aromatic heterocycles. The Labute approximate surface area is 130 Å². The number of hydrogen-bond acceptors (Lipinski definition) is 2. The van der Waals surface area contributed by atoms with Crippen molar-refractivity contribution in [1.29, 1.82) is 0 Å². The van der Waals surface area contributed by atoms with Gasteiger partial charge in [-0.15, -0.1) is 11.3 Å². The highest BCUT2D eigenvalue weighted by atomic mass is 35.5. The molecule has 0 amide bonds. The molecule has 0 spiro atoms. The van der Waals surface area contributed by atoms with Crippen molar-refractivity contribution in [3.63, 3.8) is 0 Å². The van der Waals surface area contributed by atoms with Gasteiger partial charge in [0.05, 0.1) is 0 Å². The van der Waals surface area contributed by atoms with Gasteiger partial charge < -0.3 is 5.32 Å². The topological polar surface area (TPSA) is 12.0 Å². The molecule has 106 valence electrons. The van der Waals surface area contributed by atoms with E-state index in [9.17, 15) is 0 Å². The van der Waals surface area contributed by atoms with Crippen LogP contribution in [-0.2, 0) is 6.42 Å². The molecule has 1 aromatic carbocycles. The molecule has 20 heavy (non-hydrogen) atoms. The molecule has 0 radical (unpaired) electrons. The largest absolute Gasteiger partial charge is 0.302 e. The van der Waals surface area contributed by atoms with Crippen LogP contribution >= 0.6 is 22.9 Å². The van der Waals surface area contributed by atoms with E-state index >= 15 is 0 Å². The van der Waals surface area contributed by atoms with E-state index < -0.39 is 0 Å². The fraction of sp³-hybridized carbons (Fsp3) is 0.412. The van der Waals surface area contributed by atoms with E-state index in [0.717, 1.165) is 11.4 Å². The van der Waals surface area contributed by atoms with Crippen LogP contribution in [0.1, 0.15) is 48.9 Å². The second-order valence-electron chi connectivity index (χ2n) is 6.35. The summed E-state index contributed by atoms with van der Waals surface area (Å²) < 4.78 is 0. The van der Waals surface area contributed by atoms with Crippen LogP contribution in [0.5, 0.6) is 0 Å². The van der Waals surface area contributed by atoms with E-state index in [0.29, 0.717) is 12.1 Å². The van der Waals surface area contributed by atoms with Gasteiger partial charge in [-0.05, 0) is 53.5 Å². The summed E-state index contributed by atoms with van der Waals surface area (Å²) in [5.41, 5.74) is 3.01. The first-order chi connectivity index (χ1) is 9.47. The maximum atomic E-state index is 6.19. The molecule has 0 saturated heterocycles. The summed E-state index contributed by atoms with van der Waals surface area (Å²) in [4.78, 5) is 1.39. The van der Waals surface area contributed by atoms with Gasteiger partial charge in [0.1, 0.15) is 0 Å². The molecule has 0 aliphatic heterocycles. The van der Waals surface area contributed by atoms with Crippen LogP contribution in [0.3, 0.4) is 0 Å². The smallest absolute Gasteiger partial charge is 0.0409 e. The third-order valence-corrected chi connectivity index (χ3v) is 5.52. The van der Waals surface area contributed by atoms with Crippen LogP contribution in [0.25, 0.3) is 0 Å². The number of fused-ring (bicyclic) bond motifs is 1. The molecule has 0 bridgehead atoms. The van der Waals surface area contributed by atoms with Crippen LogP contribution in [0, 0.1) is 5.41 Å². The minimum atomic E-state index is 0.221. The van der Waals surface area contributed by atoms with Crippen molar-refractivity contribution in [2.24, 2.45) is 5.41 Å². The molecule has 0 saturated carbocycles. The predicted molar refractivity (Wildman–Crippen MR) is 87.5 cm³/mol. The number of rotatable bonds is 3. The Kier molecular flexibility index (Phi) is 3.65. The van der Waals surface area contributed by atoms with Crippen molar-refractivity contribution >= 4 is 22.9 Å². The lowest BCUT2D eigenvalue weighted by Gasteiger charge is -2.31. The molecule has 1 aliphatic rings. The molecule has 2 atom stereocenters. The van der Waals surface area contributed by atoms with Gasteiger partial charge in [0, 0.05) is 22.0 Å². The Morgan fingerprint density at radius 3 is 2.85 bits per heavy atom. The number of benzene rings is 1. The highest BCUT2D eigenvalue weighted by Crippen LogP contribution is 2.47. The van der Waals surface area contributed by atoms with E-state index in [-0.39, 0.29) is 5.41 Å². The summed E-state index contributed by atoms with van der Waals surface area (Å²) in [7, 11) is 0. The lowest BCUT2D eigenvalue weighted by molar-refractivity contribution is 0.253. The zero-order chi connectivity index (χ0) is 14.3. The molecule has 1 N–H and O–H groups in total. The maximum absolute atomic E-state index is 6.19. The van der Waals surface area contributed by atoms with Crippen LogP contribution in [0.2, 0.25) is 5.02 Å². The maximum Gasteiger partial charge on any atom is 0.0409 e. The Hall–Kier alpha value is -0.830. The Morgan fingerprint density at radius 2 is 2.15 bits per heavy atom. The Morgan fingerprint density at radius 1 is 1.35 bits per heavy atom. The van der Waals surface area contributed by atoms with Gasteiger partial charge in [-0.1, -0.05) is 37.6 Å². The average Bonchev–Trinajstić information content (AvgIpc) is 2.98. The van der Waals surface area contributed by atoms with Gasteiger partial charge in [0.15, 0.2) is 0 Å². The van der Waals surface area contributed by atoms with Gasteiger partial charge in [-0.3, -0.25) is 0 Å². The van der Waals surface area contributed by atoms with E-state index in [2.05, 4.69) is 55.7 Å². The molecule has 1 heterocycles. The molecule has 0 fully saturated rings. The standard InChI is InChI=1S/C17H20ClNS/c1-11(15-5-4-8-20-15)19-16-14-9-13(18)7-6-12(14)10-17(16,2)3/h4-9,11,16,19H,10H2,1-3H3/t11-,16?/m1/s1. The summed E-state index contributed by atoms with van der Waals surface area (Å²) >= 11 is 8.00. The fourth-order valence-corrected chi connectivity index (χ4v) is 4.12. The van der Waals surface area contributed by atoms with Gasteiger partial charge in [0.25, 0.3) is 0 Å². The van der Waals surface area contributed by atoms with Crippen molar-refractivity contribution in [2.45, 2.75) is 39.3 Å². The minimum absolute atomic E-state index is 0.221. The molecular formula is C17H20ClNS. The summed E-state index contributed by atoms with van der Waals surface area (Å²) in [5, 5.41) is 6.77. The van der Waals surface area contributed by atoms with E-state index in [1.165, 1.54) is 16.0 Å². The van der Waals surface area contributed by atoms with Gasteiger partial charge in [-0.25, -0.2) is 0 Å². The molecule has 1 nitrogen and oxygen atoms in total. The minimum Gasteiger partial charge on any atom is -0.302 e. The predicted octanol–water partition coefficient (Wildman–Crippen LogP) is 5.38. The summed E-state index contributed by atoms with van der Waals surface area (Å²) in [6.07, 6.45) is 1.11. The summed E-state index contributed by atoms with van der Waals surface area (Å²) in [5.74, 6) is 0. The second kappa shape index (κ2) is 5.18. The van der Waals surface area contributed by atoms with Gasteiger partial charge >= 0.3 is 0 Å². The fourth-order valence-electron chi connectivity index (χ4n) is 3.19. The SMILES string of the molecule is C[C@@H](NC1c2cc(Cl)ccc2CC1(C)C)c1cccs1. The lowest BCUT2D eigenvalue weighted by atomic mass is 9.85. The third kappa shape index (κ3) is 2.52. The molecular weight excluding hydrogens is 286 g/mol. The van der Waals surface area contributed by atoms with E-state index in [1.54, 1.807) is 0 Å². The molecule has 2 aromatic rings. The number of thiophene rings is 1. The van der Waals surface area contributed by atoms with Crippen molar-refractivity contribution in [2.75, 3.05) is 0 Å². The monoisotopic (exact) mass is 305 g/mol. The van der Waals surface area contributed by atoms with Gasteiger partial charge in [-0.2, -0.15) is 0 Å². The quantitative estimate of drug-likeness (QED) is 0.803. The van der Waals surface area contributed by atoms with Crippen molar-refractivity contribution in [3.8, 4) is 0 Å². The number of halogens is 1. The first-order valence-corrected chi connectivity index (χ1v) is 8.31. The van der Waals surface area contributed by atoms with Crippen LogP contribution < -0.4 is 5.32 Å². The van der Waals surface area contributed by atoms with Crippen LogP contribution in [0.15, 0.2) is 35.7 Å². The molecule has 3 rings (SSSR count). The van der Waals surface area contributed by atoms with E-state index in [4.69, 9.17) is 11.6 Å². The molecule has 1 unspecified atom stereocenters. The lowest BCUT2D eigenvalue weighted by Crippen LogP contribution is -2.32. The first kappa shape index (κ1) is 14.1. The second-order valence-corrected chi connectivity index (χ2v) is 7.76. The van der Waals surface area contributed by atoms with Gasteiger partial charge in [0.2, 0.25) is 0 Å². The normalized spacial score (nSPS) is 21.7. The summed E-state index contributed by atoms with van der Waals surface area (Å²) in [6, 6.07) is 11.3. The van der Waals surface area contributed by atoms with Crippen molar-refractivity contribution in [1.82, 2.24) is 5.32 Å². The number of hydrogen-bond donors (Lipinski definition) is 1. The Balaban J connectivity index is 1.90. The zero-order valence-electron chi connectivity index (χ0n) is 12.1. The summed E-state index contributed by atoms with van der Waals surface area (Å²) in [6.45, 7) is 6.91. The van der Waals surface area contributed by atoms with Crippen molar-refractivity contribution < 1.29 is 0 Å². The van der Waals surface area contributed by atoms with Crippen LogP contribution in [0.4, 0.5) is 0 Å².